The number of oxime groups is 1. The monoisotopic (exact) mass is 730 g/mol. The Morgan fingerprint density at radius 1 is 1.19 bits per heavy atom. The van der Waals surface area contributed by atoms with Crippen LogP contribution in [0.4, 0.5) is 10.1 Å². The van der Waals surface area contributed by atoms with Gasteiger partial charge in [0, 0.05) is 36.1 Å². The number of allylic oxidation sites excluding steroid dienone is 2. The van der Waals surface area contributed by atoms with E-state index >= 15 is 0 Å². The van der Waals surface area contributed by atoms with Gasteiger partial charge in [-0.25, -0.2) is 14.1 Å². The van der Waals surface area contributed by atoms with Crippen molar-refractivity contribution in [2.45, 2.75) is 95.9 Å². The molecule has 0 spiro atoms. The first-order valence-electron chi connectivity index (χ1n) is 15.8. The number of benzene rings is 1. The lowest BCUT2D eigenvalue weighted by atomic mass is 9.82. The van der Waals surface area contributed by atoms with Gasteiger partial charge in [0.1, 0.15) is 23.9 Å². The van der Waals surface area contributed by atoms with Crippen LogP contribution in [0.15, 0.2) is 43.3 Å². The number of ether oxygens (including phenoxy) is 1. The van der Waals surface area contributed by atoms with Crippen molar-refractivity contribution >= 4 is 69.6 Å². The third-order valence-corrected chi connectivity index (χ3v) is 10.8. The van der Waals surface area contributed by atoms with Crippen LogP contribution in [0.25, 0.3) is 0 Å². The fourth-order valence-electron chi connectivity index (χ4n) is 5.32. The molecule has 1 aliphatic carbocycles. The minimum atomic E-state index is -0.580. The SMILES string of the molecule is CCC/C(=N\OCC)C1=C(O)CC(CC(C)SCC)CC1=O.COC(=O)CSc1cc(N=c2sc(=O)n3n2CCCC3)c(F)cc1Cl. The number of halogens is 2. The van der Waals surface area contributed by atoms with Crippen molar-refractivity contribution in [2.75, 3.05) is 25.2 Å². The van der Waals surface area contributed by atoms with Crippen LogP contribution in [-0.2, 0) is 32.3 Å². The molecule has 2 atom stereocenters. The number of ketones is 1. The van der Waals surface area contributed by atoms with Crippen molar-refractivity contribution in [3.8, 4) is 0 Å². The molecule has 15 heteroatoms. The van der Waals surface area contributed by atoms with Gasteiger partial charge >= 0.3 is 10.8 Å². The minimum absolute atomic E-state index is 0.00866. The van der Waals surface area contributed by atoms with Crippen molar-refractivity contribution in [2.24, 2.45) is 16.1 Å². The molecule has 2 unspecified atom stereocenters. The molecular weight excluding hydrogens is 687 g/mol. The molecule has 0 saturated carbocycles. The number of hydrogen-bond acceptors (Lipinski definition) is 11. The molecule has 1 aromatic carbocycles. The lowest BCUT2D eigenvalue weighted by Crippen LogP contribution is -2.31. The van der Waals surface area contributed by atoms with E-state index in [0.717, 1.165) is 60.6 Å². The van der Waals surface area contributed by atoms with Crippen molar-refractivity contribution in [1.82, 2.24) is 9.36 Å². The molecule has 1 aliphatic heterocycles. The van der Waals surface area contributed by atoms with E-state index in [4.69, 9.17) is 16.4 Å². The first-order valence-corrected chi connectivity index (χ1v) is 19.1. The molecule has 0 radical (unpaired) electrons. The highest BCUT2D eigenvalue weighted by atomic mass is 35.5. The number of esters is 1. The number of hydrogen-bond donors (Lipinski definition) is 1. The van der Waals surface area contributed by atoms with Gasteiger partial charge in [0.25, 0.3) is 0 Å². The standard InChI is InChI=1S/C17H29NO3S.C15H15ClFN3O3S2/c1-5-8-14(18-21-6-2)17-15(19)10-13(11-16(17)20)9-12(4)22-7-3;1-23-13(21)8-24-12-7-11(10(17)6-9(12)16)18-14-19-4-2-3-5-20(19)15(22)25-14/h12-13,19H,5-11H2,1-4H3;6-7H,2-5,8H2,1H3/b18-14+;. The van der Waals surface area contributed by atoms with Crippen LogP contribution in [0.1, 0.15) is 72.6 Å². The molecule has 1 N–H and O–H groups in total. The van der Waals surface area contributed by atoms with Gasteiger partial charge in [0.2, 0.25) is 4.80 Å². The number of aromatic nitrogens is 2. The largest absolute Gasteiger partial charge is 0.511 e. The second kappa shape index (κ2) is 19.4. The highest BCUT2D eigenvalue weighted by Gasteiger charge is 2.31. The predicted octanol–water partition coefficient (Wildman–Crippen LogP) is 7.30. The first kappa shape index (κ1) is 38.9. The maximum absolute atomic E-state index is 14.3. The van der Waals surface area contributed by atoms with E-state index in [9.17, 15) is 23.9 Å². The summed E-state index contributed by atoms with van der Waals surface area (Å²) in [6.07, 6.45) is 5.45. The van der Waals surface area contributed by atoms with Crippen LogP contribution < -0.4 is 9.67 Å². The highest BCUT2D eigenvalue weighted by molar-refractivity contribution is 8.00. The van der Waals surface area contributed by atoms with Gasteiger partial charge in [0.15, 0.2) is 5.78 Å². The molecule has 10 nitrogen and oxygen atoms in total. The molecule has 0 amide bonds. The zero-order valence-corrected chi connectivity index (χ0v) is 30.8. The average molecular weight is 731 g/mol. The van der Waals surface area contributed by atoms with E-state index < -0.39 is 11.8 Å². The summed E-state index contributed by atoms with van der Waals surface area (Å²) in [6, 6.07) is 2.64. The van der Waals surface area contributed by atoms with Crippen LogP contribution >= 0.6 is 46.5 Å². The van der Waals surface area contributed by atoms with Crippen LogP contribution in [0.3, 0.4) is 0 Å². The molecule has 0 fully saturated rings. The summed E-state index contributed by atoms with van der Waals surface area (Å²) in [4.78, 5) is 46.1. The molecule has 2 aliphatic rings. The third kappa shape index (κ3) is 11.3. The lowest BCUT2D eigenvalue weighted by Gasteiger charge is -2.25. The van der Waals surface area contributed by atoms with E-state index in [0.29, 0.717) is 65.2 Å². The first-order chi connectivity index (χ1) is 22.5. The quantitative estimate of drug-likeness (QED) is 0.0986. The van der Waals surface area contributed by atoms with E-state index in [1.54, 1.807) is 9.36 Å². The average Bonchev–Trinajstić information content (AvgIpc) is 3.35. The second-order valence-corrected chi connectivity index (χ2v) is 15.1. The Hall–Kier alpha value is -2.55. The number of carbonyl (C=O) groups excluding carboxylic acids is 2. The Labute approximate surface area is 292 Å². The molecule has 1 aromatic heterocycles. The van der Waals surface area contributed by atoms with Gasteiger partial charge in [-0.15, -0.1) is 11.8 Å². The van der Waals surface area contributed by atoms with Gasteiger partial charge < -0.3 is 14.7 Å². The molecule has 2 heterocycles. The fourth-order valence-corrected chi connectivity index (χ4v) is 8.28. The Morgan fingerprint density at radius 3 is 2.55 bits per heavy atom. The van der Waals surface area contributed by atoms with Gasteiger partial charge in [-0.3, -0.25) is 19.1 Å². The number of methoxy groups -OCH3 is 1. The summed E-state index contributed by atoms with van der Waals surface area (Å²) in [5, 5.41) is 15.1. The van der Waals surface area contributed by atoms with E-state index in [-0.39, 0.29) is 38.8 Å². The topological polar surface area (TPSA) is 124 Å². The summed E-state index contributed by atoms with van der Waals surface area (Å²) >= 11 is 10.1. The summed E-state index contributed by atoms with van der Waals surface area (Å²) < 4.78 is 22.3. The van der Waals surface area contributed by atoms with Crippen molar-refractivity contribution in [1.29, 1.82) is 0 Å². The molecule has 2 aromatic rings. The van der Waals surface area contributed by atoms with Gasteiger partial charge in [-0.05, 0) is 67.7 Å². The Balaban J connectivity index is 0.000000258. The molecule has 0 bridgehead atoms. The summed E-state index contributed by atoms with van der Waals surface area (Å²) in [5.41, 5.74) is 1.09. The summed E-state index contributed by atoms with van der Waals surface area (Å²) in [5.74, 6) is 0.598. The number of nitrogens with zero attached hydrogens (tertiary/aromatic N) is 4. The van der Waals surface area contributed by atoms with Crippen LogP contribution in [-0.4, -0.2) is 62.4 Å². The van der Waals surface area contributed by atoms with Gasteiger partial charge in [-0.2, -0.15) is 11.8 Å². The molecule has 47 heavy (non-hydrogen) atoms. The lowest BCUT2D eigenvalue weighted by molar-refractivity contribution is -0.137. The number of thioether (sulfide) groups is 2. The fraction of sp³-hybridized carbons (Fsp3) is 0.594. The van der Waals surface area contributed by atoms with Crippen LogP contribution in [0.2, 0.25) is 5.02 Å². The van der Waals surface area contributed by atoms with Crippen molar-refractivity contribution in [3.63, 3.8) is 0 Å². The minimum Gasteiger partial charge on any atom is -0.511 e. The Morgan fingerprint density at radius 2 is 1.91 bits per heavy atom. The third-order valence-electron chi connectivity index (χ3n) is 7.40. The predicted molar refractivity (Wildman–Crippen MR) is 189 cm³/mol. The van der Waals surface area contributed by atoms with Gasteiger partial charge in [-0.1, -0.05) is 43.9 Å². The van der Waals surface area contributed by atoms with E-state index in [1.165, 1.54) is 13.2 Å². The number of carbonyl (C=O) groups is 2. The number of rotatable bonds is 13. The maximum atomic E-state index is 14.3. The zero-order valence-electron chi connectivity index (χ0n) is 27.6. The summed E-state index contributed by atoms with van der Waals surface area (Å²) in [6.45, 7) is 10.00. The second-order valence-electron chi connectivity index (χ2n) is 11.0. The smallest absolute Gasteiger partial charge is 0.325 e. The highest BCUT2D eigenvalue weighted by Crippen LogP contribution is 2.34. The van der Waals surface area contributed by atoms with E-state index in [2.05, 4.69) is 28.7 Å². The summed E-state index contributed by atoms with van der Waals surface area (Å²) in [7, 11) is 1.30. The van der Waals surface area contributed by atoms with Crippen LogP contribution in [0, 0.1) is 11.7 Å². The van der Waals surface area contributed by atoms with Crippen molar-refractivity contribution in [3.05, 3.63) is 48.8 Å². The number of fused-ring (bicyclic) bond motifs is 1. The van der Waals surface area contributed by atoms with E-state index in [1.807, 2.05) is 25.6 Å². The van der Waals surface area contributed by atoms with Crippen molar-refractivity contribution < 1.29 is 28.7 Å². The number of aliphatic hydroxyl groups is 1. The van der Waals surface area contributed by atoms with Gasteiger partial charge in [0.05, 0.1) is 29.2 Å². The Bertz CT molecular complexity index is 1590. The molecule has 0 saturated heterocycles. The zero-order chi connectivity index (χ0) is 34.5. The van der Waals surface area contributed by atoms with Crippen LogP contribution in [0.5, 0.6) is 0 Å². The molecular formula is C32H44ClFN4O6S3. The number of Topliss-reactive ketones (excluding diaryl/α,β-unsaturated/α-hetero) is 1. The molecule has 4 rings (SSSR count). The number of aliphatic hydroxyl groups excluding tert-OH is 1. The maximum Gasteiger partial charge on any atom is 0.325 e. The molecule has 260 valence electrons. The Kier molecular flexibility index (Phi) is 16.1. The normalized spacial score (nSPS) is 17.6.